The van der Waals surface area contributed by atoms with Crippen LogP contribution in [0.5, 0.6) is 0 Å². The molecule has 0 saturated carbocycles. The van der Waals surface area contributed by atoms with Gasteiger partial charge < -0.3 is 14.4 Å². The van der Waals surface area contributed by atoms with Gasteiger partial charge in [0, 0.05) is 12.8 Å². The molecule has 31 heavy (non-hydrogen) atoms. The molecule has 184 valence electrons. The average molecular weight is 442 g/mol. The molecule has 0 radical (unpaired) electrons. The molecule has 1 atom stereocenters. The summed E-state index contributed by atoms with van der Waals surface area (Å²) in [7, 11) is 5.51. The standard InChI is InChI=1S/C26H51NO4/c1-5-6-7-8-9-12-15-19-24(31-26(29)22-18-23-27(2)3)20-16-13-10-11-14-17-21-25(28)30-4/h24H,5-23H2,1-4H3. The second-order valence-corrected chi connectivity index (χ2v) is 9.16. The van der Waals surface area contributed by atoms with Gasteiger partial charge >= 0.3 is 11.9 Å². The van der Waals surface area contributed by atoms with Crippen LogP contribution in [0.25, 0.3) is 0 Å². The lowest BCUT2D eigenvalue weighted by Crippen LogP contribution is -2.20. The molecule has 0 aliphatic rings. The van der Waals surface area contributed by atoms with Crippen molar-refractivity contribution in [2.24, 2.45) is 0 Å². The number of esters is 2. The molecule has 0 saturated heterocycles. The fourth-order valence-electron chi connectivity index (χ4n) is 3.83. The summed E-state index contributed by atoms with van der Waals surface area (Å²) in [6.45, 7) is 3.17. The summed E-state index contributed by atoms with van der Waals surface area (Å²) in [5, 5.41) is 0. The fraction of sp³-hybridized carbons (Fsp3) is 0.923. The van der Waals surface area contributed by atoms with Gasteiger partial charge in [0.15, 0.2) is 0 Å². The van der Waals surface area contributed by atoms with Crippen LogP contribution in [0.3, 0.4) is 0 Å². The number of methoxy groups -OCH3 is 1. The zero-order valence-corrected chi connectivity index (χ0v) is 21.1. The van der Waals surface area contributed by atoms with E-state index in [1.807, 2.05) is 14.1 Å². The molecule has 0 aromatic carbocycles. The number of hydrogen-bond acceptors (Lipinski definition) is 5. The summed E-state index contributed by atoms with van der Waals surface area (Å²) in [5.74, 6) is -0.141. The monoisotopic (exact) mass is 441 g/mol. The van der Waals surface area contributed by atoms with Crippen molar-refractivity contribution in [3.8, 4) is 0 Å². The first kappa shape index (κ1) is 29.9. The van der Waals surface area contributed by atoms with Gasteiger partial charge in [-0.2, -0.15) is 0 Å². The lowest BCUT2D eigenvalue weighted by atomic mass is 10.0. The highest BCUT2D eigenvalue weighted by Crippen LogP contribution is 2.18. The molecule has 0 rings (SSSR count). The molecule has 0 spiro atoms. The Hall–Kier alpha value is -1.10. The Labute approximate surface area is 192 Å². The van der Waals surface area contributed by atoms with E-state index in [0.717, 1.165) is 57.9 Å². The minimum atomic E-state index is -0.111. The summed E-state index contributed by atoms with van der Waals surface area (Å²) < 4.78 is 10.5. The number of unbranched alkanes of at least 4 members (excludes halogenated alkanes) is 11. The van der Waals surface area contributed by atoms with Crippen LogP contribution in [0.15, 0.2) is 0 Å². The maximum absolute atomic E-state index is 12.3. The second-order valence-electron chi connectivity index (χ2n) is 9.16. The van der Waals surface area contributed by atoms with Gasteiger partial charge in [-0.1, -0.05) is 71.1 Å². The molecule has 0 amide bonds. The third-order valence-corrected chi connectivity index (χ3v) is 5.80. The van der Waals surface area contributed by atoms with E-state index in [9.17, 15) is 9.59 Å². The van der Waals surface area contributed by atoms with Crippen LogP contribution in [0.1, 0.15) is 122 Å². The summed E-state index contributed by atoms with van der Waals surface area (Å²) in [4.78, 5) is 25.5. The first-order valence-electron chi connectivity index (χ1n) is 12.9. The van der Waals surface area contributed by atoms with Crippen molar-refractivity contribution in [3.05, 3.63) is 0 Å². The Morgan fingerprint density at radius 3 is 1.68 bits per heavy atom. The number of carbonyl (C=O) groups is 2. The minimum absolute atomic E-state index is 0.0300. The summed E-state index contributed by atoms with van der Waals surface area (Å²) in [5.41, 5.74) is 0. The molecule has 0 aromatic rings. The Kier molecular flexibility index (Phi) is 21.3. The number of nitrogens with zero attached hydrogens (tertiary/aromatic N) is 1. The van der Waals surface area contributed by atoms with Crippen molar-refractivity contribution in [2.75, 3.05) is 27.7 Å². The number of hydrogen-bond donors (Lipinski definition) is 0. The van der Waals surface area contributed by atoms with E-state index in [-0.39, 0.29) is 18.0 Å². The Morgan fingerprint density at radius 1 is 0.677 bits per heavy atom. The first-order chi connectivity index (χ1) is 15.0. The largest absolute Gasteiger partial charge is 0.469 e. The highest BCUT2D eigenvalue weighted by Gasteiger charge is 2.14. The number of ether oxygens (including phenoxy) is 2. The van der Waals surface area contributed by atoms with Crippen LogP contribution < -0.4 is 0 Å². The van der Waals surface area contributed by atoms with E-state index in [2.05, 4.69) is 16.6 Å². The second kappa shape index (κ2) is 22.1. The molecule has 0 heterocycles. The van der Waals surface area contributed by atoms with Crippen LogP contribution in [0.4, 0.5) is 0 Å². The van der Waals surface area contributed by atoms with Crippen molar-refractivity contribution in [3.63, 3.8) is 0 Å². The van der Waals surface area contributed by atoms with Gasteiger partial charge in [-0.3, -0.25) is 9.59 Å². The van der Waals surface area contributed by atoms with Crippen LogP contribution in [0, 0.1) is 0 Å². The Morgan fingerprint density at radius 2 is 1.16 bits per heavy atom. The predicted molar refractivity (Wildman–Crippen MR) is 129 cm³/mol. The van der Waals surface area contributed by atoms with Crippen molar-refractivity contribution >= 4 is 11.9 Å². The molecule has 0 fully saturated rings. The highest BCUT2D eigenvalue weighted by molar-refractivity contribution is 5.69. The van der Waals surface area contributed by atoms with Crippen molar-refractivity contribution in [2.45, 2.75) is 129 Å². The van der Waals surface area contributed by atoms with E-state index in [1.165, 1.54) is 58.5 Å². The van der Waals surface area contributed by atoms with Crippen LogP contribution in [0.2, 0.25) is 0 Å². The lowest BCUT2D eigenvalue weighted by molar-refractivity contribution is -0.150. The van der Waals surface area contributed by atoms with Gasteiger partial charge in [-0.25, -0.2) is 0 Å². The minimum Gasteiger partial charge on any atom is -0.469 e. The Balaban J connectivity index is 4.04. The Bertz CT molecular complexity index is 426. The average Bonchev–Trinajstić information content (AvgIpc) is 2.74. The van der Waals surface area contributed by atoms with E-state index in [4.69, 9.17) is 4.74 Å². The fourth-order valence-corrected chi connectivity index (χ4v) is 3.83. The molecule has 5 heteroatoms. The van der Waals surface area contributed by atoms with E-state index < -0.39 is 0 Å². The van der Waals surface area contributed by atoms with E-state index >= 15 is 0 Å². The normalized spacial score (nSPS) is 12.2. The molecular formula is C26H51NO4. The van der Waals surface area contributed by atoms with Crippen molar-refractivity contribution < 1.29 is 19.1 Å². The summed E-state index contributed by atoms with van der Waals surface area (Å²) >= 11 is 0. The molecule has 0 aliphatic carbocycles. The van der Waals surface area contributed by atoms with Gasteiger partial charge in [0.1, 0.15) is 6.10 Å². The van der Waals surface area contributed by atoms with Gasteiger partial charge in [-0.15, -0.1) is 0 Å². The van der Waals surface area contributed by atoms with Crippen LogP contribution in [-0.2, 0) is 19.1 Å². The predicted octanol–water partition coefficient (Wildman–Crippen LogP) is 6.67. The van der Waals surface area contributed by atoms with Gasteiger partial charge in [0.2, 0.25) is 0 Å². The number of rotatable bonds is 22. The maximum Gasteiger partial charge on any atom is 0.306 e. The van der Waals surface area contributed by atoms with E-state index in [0.29, 0.717) is 12.8 Å². The molecule has 5 nitrogen and oxygen atoms in total. The SMILES string of the molecule is CCCCCCCCCC(CCCCCCCCC(=O)OC)OC(=O)CCCN(C)C. The first-order valence-corrected chi connectivity index (χ1v) is 12.9. The quantitative estimate of drug-likeness (QED) is 0.139. The van der Waals surface area contributed by atoms with Gasteiger partial charge in [0.25, 0.3) is 0 Å². The molecule has 0 aliphatic heterocycles. The number of carbonyl (C=O) groups excluding carboxylic acids is 2. The van der Waals surface area contributed by atoms with Crippen LogP contribution in [-0.4, -0.2) is 50.7 Å². The third kappa shape index (κ3) is 21.9. The zero-order chi connectivity index (χ0) is 23.2. The molecule has 1 unspecified atom stereocenters. The summed E-state index contributed by atoms with van der Waals surface area (Å²) in [6, 6.07) is 0. The highest BCUT2D eigenvalue weighted by atomic mass is 16.5. The van der Waals surface area contributed by atoms with Gasteiger partial charge in [0.05, 0.1) is 7.11 Å². The molecule has 0 bridgehead atoms. The summed E-state index contributed by atoms with van der Waals surface area (Å²) in [6.07, 6.45) is 19.6. The topological polar surface area (TPSA) is 55.8 Å². The molecule has 0 N–H and O–H groups in total. The maximum atomic E-state index is 12.3. The van der Waals surface area contributed by atoms with Crippen LogP contribution >= 0.6 is 0 Å². The lowest BCUT2D eigenvalue weighted by Gasteiger charge is -2.18. The third-order valence-electron chi connectivity index (χ3n) is 5.80. The molecular weight excluding hydrogens is 390 g/mol. The van der Waals surface area contributed by atoms with Gasteiger partial charge in [-0.05, 0) is 59.2 Å². The molecule has 0 aromatic heterocycles. The van der Waals surface area contributed by atoms with Crippen molar-refractivity contribution in [1.29, 1.82) is 0 Å². The smallest absolute Gasteiger partial charge is 0.306 e. The van der Waals surface area contributed by atoms with Crippen molar-refractivity contribution in [1.82, 2.24) is 4.90 Å². The van der Waals surface area contributed by atoms with E-state index in [1.54, 1.807) is 0 Å². The zero-order valence-electron chi connectivity index (χ0n) is 21.1.